The van der Waals surface area contributed by atoms with Crippen LogP contribution in [0.5, 0.6) is 5.75 Å². The number of ether oxygens (including phenoxy) is 2. The van der Waals surface area contributed by atoms with E-state index in [1.165, 1.54) is 11.3 Å². The first-order chi connectivity index (χ1) is 19.2. The lowest BCUT2D eigenvalue weighted by atomic mass is 10.1. The smallest absolute Gasteiger partial charge is 0.366 e. The van der Waals surface area contributed by atoms with E-state index in [2.05, 4.69) is 10.3 Å². The molecule has 0 radical (unpaired) electrons. The Hall–Kier alpha value is -4.61. The summed E-state index contributed by atoms with van der Waals surface area (Å²) in [5, 5.41) is 13.5. The number of hydrogen-bond acceptors (Lipinski definition) is 9. The van der Waals surface area contributed by atoms with Crippen molar-refractivity contribution in [3.8, 4) is 27.6 Å². The Morgan fingerprint density at radius 2 is 1.74 bits per heavy atom. The van der Waals surface area contributed by atoms with Gasteiger partial charge in [-0.15, -0.1) is 5.10 Å². The van der Waals surface area contributed by atoms with Gasteiger partial charge in [-0.05, 0) is 60.5 Å². The number of hydrogen-bond donors (Lipinski definition) is 0. The Morgan fingerprint density at radius 1 is 0.949 bits per heavy atom. The number of rotatable bonds is 10. The van der Waals surface area contributed by atoms with Gasteiger partial charge in [-0.1, -0.05) is 46.5 Å². The summed E-state index contributed by atoms with van der Waals surface area (Å²) in [5.41, 5.74) is 3.83. The molecular formula is C28H24N6O4S. The maximum absolute atomic E-state index is 13.1. The molecule has 0 fully saturated rings. The van der Waals surface area contributed by atoms with Gasteiger partial charge < -0.3 is 14.3 Å². The van der Waals surface area contributed by atoms with Gasteiger partial charge in [0.15, 0.2) is 0 Å². The summed E-state index contributed by atoms with van der Waals surface area (Å²) >= 11 is 1.47. The van der Waals surface area contributed by atoms with Crippen molar-refractivity contribution in [1.82, 2.24) is 29.8 Å². The quantitative estimate of drug-likeness (QED) is 0.178. The van der Waals surface area contributed by atoms with Crippen molar-refractivity contribution in [2.75, 3.05) is 20.3 Å². The highest BCUT2D eigenvalue weighted by Crippen LogP contribution is 2.30. The van der Waals surface area contributed by atoms with Crippen molar-refractivity contribution in [1.29, 1.82) is 0 Å². The summed E-state index contributed by atoms with van der Waals surface area (Å²) in [5.74, 6) is 0.259. The van der Waals surface area contributed by atoms with E-state index in [4.69, 9.17) is 24.4 Å². The minimum Gasteiger partial charge on any atom is -0.494 e. The fourth-order valence-electron chi connectivity index (χ4n) is 4.11. The standard InChI is InChI=1S/C28H24N6O4S/c1-36-16-6-7-17-37-20-14-12-19(13-15-20)26-31-33-18-24(29-28(33)39-26)21-8-2-3-9-22(21)27(35)38-34-25-11-5-4-10-23(25)30-32-34/h2-5,8-15,18H,6-7,16-17H2,1H3. The van der Waals surface area contributed by atoms with Crippen molar-refractivity contribution in [2.45, 2.75) is 12.8 Å². The van der Waals surface area contributed by atoms with E-state index in [0.29, 0.717) is 39.4 Å². The van der Waals surface area contributed by atoms with E-state index in [-0.39, 0.29) is 0 Å². The van der Waals surface area contributed by atoms with Crippen LogP contribution >= 0.6 is 11.3 Å². The van der Waals surface area contributed by atoms with Gasteiger partial charge in [0.2, 0.25) is 4.96 Å². The van der Waals surface area contributed by atoms with Gasteiger partial charge in [-0.25, -0.2) is 14.3 Å². The van der Waals surface area contributed by atoms with Crippen LogP contribution in [0.3, 0.4) is 0 Å². The molecule has 6 rings (SSSR count). The van der Waals surface area contributed by atoms with Crippen molar-refractivity contribution in [2.24, 2.45) is 0 Å². The Morgan fingerprint density at radius 3 is 2.59 bits per heavy atom. The number of methoxy groups -OCH3 is 1. The lowest BCUT2D eigenvalue weighted by Gasteiger charge is -2.07. The van der Waals surface area contributed by atoms with E-state index in [1.807, 2.05) is 54.7 Å². The number of benzene rings is 3. The third-order valence-electron chi connectivity index (χ3n) is 6.07. The highest BCUT2D eigenvalue weighted by molar-refractivity contribution is 7.19. The second-order valence-electron chi connectivity index (χ2n) is 8.71. The average molecular weight is 541 g/mol. The van der Waals surface area contributed by atoms with Crippen LogP contribution in [0.4, 0.5) is 0 Å². The second-order valence-corrected chi connectivity index (χ2v) is 9.66. The Balaban J connectivity index is 1.19. The fourth-order valence-corrected chi connectivity index (χ4v) is 4.99. The number of imidazole rings is 1. The number of aromatic nitrogens is 6. The molecule has 11 heteroatoms. The minimum absolute atomic E-state index is 0.362. The van der Waals surface area contributed by atoms with E-state index >= 15 is 0 Å². The lowest BCUT2D eigenvalue weighted by molar-refractivity contribution is 0.0409. The molecule has 0 amide bonds. The first-order valence-electron chi connectivity index (χ1n) is 12.4. The highest BCUT2D eigenvalue weighted by Gasteiger charge is 2.20. The largest absolute Gasteiger partial charge is 0.494 e. The molecular weight excluding hydrogens is 516 g/mol. The van der Waals surface area contributed by atoms with Crippen molar-refractivity contribution < 1.29 is 19.1 Å². The zero-order valence-corrected chi connectivity index (χ0v) is 21.9. The van der Waals surface area contributed by atoms with Crippen LogP contribution in [0.2, 0.25) is 0 Å². The fraction of sp³-hybridized carbons (Fsp3) is 0.179. The monoisotopic (exact) mass is 540 g/mol. The van der Waals surface area contributed by atoms with E-state index in [0.717, 1.165) is 40.6 Å². The zero-order chi connectivity index (χ0) is 26.6. The van der Waals surface area contributed by atoms with Gasteiger partial charge in [0.1, 0.15) is 21.8 Å². The third kappa shape index (κ3) is 5.22. The number of nitrogens with zero attached hydrogens (tertiary/aromatic N) is 6. The van der Waals surface area contributed by atoms with Crippen LogP contribution < -0.4 is 9.57 Å². The highest BCUT2D eigenvalue weighted by atomic mass is 32.1. The van der Waals surface area contributed by atoms with Crippen LogP contribution in [0.15, 0.2) is 79.0 Å². The summed E-state index contributed by atoms with van der Waals surface area (Å²) in [4.78, 5) is 25.2. The maximum atomic E-state index is 13.1. The first-order valence-corrected chi connectivity index (χ1v) is 13.2. The van der Waals surface area contributed by atoms with Gasteiger partial charge in [-0.2, -0.15) is 5.10 Å². The normalized spacial score (nSPS) is 11.3. The molecule has 0 aliphatic carbocycles. The van der Waals surface area contributed by atoms with Crippen LogP contribution in [0.25, 0.3) is 37.8 Å². The molecule has 3 aromatic heterocycles. The van der Waals surface area contributed by atoms with Gasteiger partial charge >= 0.3 is 5.97 Å². The number of para-hydroxylation sites is 1. The van der Waals surface area contributed by atoms with Crippen LogP contribution in [-0.2, 0) is 4.74 Å². The molecule has 6 aromatic rings. The molecule has 0 bridgehead atoms. The van der Waals surface area contributed by atoms with Gasteiger partial charge in [0, 0.05) is 24.8 Å². The molecule has 0 saturated heterocycles. The number of carbonyl (C=O) groups is 1. The number of unbranched alkanes of at least 4 members (excludes halogenated alkanes) is 1. The zero-order valence-electron chi connectivity index (χ0n) is 21.1. The van der Waals surface area contributed by atoms with Crippen molar-refractivity contribution >= 4 is 33.3 Å². The molecule has 0 unspecified atom stereocenters. The Labute approximate surface area is 227 Å². The number of fused-ring (bicyclic) bond motifs is 2. The number of carbonyl (C=O) groups excluding carboxylic acids is 1. The maximum Gasteiger partial charge on any atom is 0.366 e. The summed E-state index contributed by atoms with van der Waals surface area (Å²) in [6, 6.07) is 22.3. The summed E-state index contributed by atoms with van der Waals surface area (Å²) < 4.78 is 12.6. The topological polar surface area (TPSA) is 106 Å². The molecule has 196 valence electrons. The molecule has 0 aliphatic rings. The van der Waals surface area contributed by atoms with E-state index in [9.17, 15) is 4.79 Å². The third-order valence-corrected chi connectivity index (χ3v) is 7.04. The summed E-state index contributed by atoms with van der Waals surface area (Å²) in [7, 11) is 1.70. The summed E-state index contributed by atoms with van der Waals surface area (Å²) in [6.07, 6.45) is 3.73. The van der Waals surface area contributed by atoms with Crippen LogP contribution in [-0.4, -0.2) is 56.0 Å². The molecule has 0 atom stereocenters. The molecule has 0 saturated carbocycles. The predicted octanol–water partition coefficient (Wildman–Crippen LogP) is 4.94. The lowest BCUT2D eigenvalue weighted by Crippen LogP contribution is -2.21. The van der Waals surface area contributed by atoms with Crippen molar-refractivity contribution in [3.05, 3.63) is 84.6 Å². The molecule has 0 aliphatic heterocycles. The van der Waals surface area contributed by atoms with E-state index < -0.39 is 5.97 Å². The van der Waals surface area contributed by atoms with Crippen molar-refractivity contribution in [3.63, 3.8) is 0 Å². The Bertz CT molecular complexity index is 1710. The van der Waals surface area contributed by atoms with Crippen LogP contribution in [0.1, 0.15) is 23.2 Å². The van der Waals surface area contributed by atoms with Gasteiger partial charge in [0.25, 0.3) is 0 Å². The average Bonchev–Trinajstić information content (AvgIpc) is 3.67. The second kappa shape index (κ2) is 11.0. The minimum atomic E-state index is -0.563. The first kappa shape index (κ1) is 24.7. The van der Waals surface area contributed by atoms with Gasteiger partial charge in [-0.3, -0.25) is 0 Å². The molecule has 0 spiro atoms. The molecule has 3 aromatic carbocycles. The molecule has 39 heavy (non-hydrogen) atoms. The summed E-state index contributed by atoms with van der Waals surface area (Å²) in [6.45, 7) is 1.40. The molecule has 10 nitrogen and oxygen atoms in total. The molecule has 3 heterocycles. The van der Waals surface area contributed by atoms with E-state index in [1.54, 1.807) is 35.9 Å². The van der Waals surface area contributed by atoms with Crippen LogP contribution in [0, 0.1) is 0 Å². The SMILES string of the molecule is COCCCCOc1ccc(-c2nn3cc(-c4ccccc4C(=O)On4nnc5ccccc54)nc3s2)cc1. The predicted molar refractivity (Wildman–Crippen MR) is 147 cm³/mol. The van der Waals surface area contributed by atoms with Gasteiger partial charge in [0.05, 0.1) is 24.1 Å². The Kier molecular flexibility index (Phi) is 6.98. The molecule has 0 N–H and O–H groups in total.